The predicted molar refractivity (Wildman–Crippen MR) is 151 cm³/mol. The van der Waals surface area contributed by atoms with Crippen molar-refractivity contribution >= 4 is 28.5 Å². The van der Waals surface area contributed by atoms with Crippen LogP contribution in [0.3, 0.4) is 0 Å². The molecule has 0 spiro atoms. The zero-order chi connectivity index (χ0) is 23.7. The lowest BCUT2D eigenvalue weighted by Gasteiger charge is -2.28. The summed E-state index contributed by atoms with van der Waals surface area (Å²) in [5.41, 5.74) is 6.89. The molecule has 0 heterocycles. The molecule has 0 fully saturated rings. The quantitative estimate of drug-likeness (QED) is 0.245. The van der Waals surface area contributed by atoms with E-state index in [2.05, 4.69) is 143 Å². The minimum absolute atomic E-state index is 0.490. The highest BCUT2D eigenvalue weighted by Crippen LogP contribution is 2.57. The summed E-state index contributed by atoms with van der Waals surface area (Å²) in [4.78, 5) is 0. The van der Waals surface area contributed by atoms with E-state index in [0.29, 0.717) is 5.92 Å². The zero-order valence-corrected chi connectivity index (χ0v) is 21.4. The molecule has 0 aliphatic heterocycles. The largest absolute Gasteiger partial charge is 0.144 e. The second kappa shape index (κ2) is 9.21. The van der Waals surface area contributed by atoms with Crippen LogP contribution in [0.1, 0.15) is 36.5 Å². The maximum absolute atomic E-state index is 2.49. The Morgan fingerprint density at radius 2 is 1.00 bits per heavy atom. The zero-order valence-electron chi connectivity index (χ0n) is 20.5. The summed E-state index contributed by atoms with van der Waals surface area (Å²) in [6.45, 7) is 9.13. The summed E-state index contributed by atoms with van der Waals surface area (Å²) < 4.78 is 0. The maximum atomic E-state index is 2.49. The number of benzene rings is 3. The summed E-state index contributed by atoms with van der Waals surface area (Å²) in [5, 5.41) is 5.66. The van der Waals surface area contributed by atoms with Gasteiger partial charge in [-0.1, -0.05) is 86.6 Å². The molecule has 0 saturated heterocycles. The molecule has 2 aliphatic rings. The van der Waals surface area contributed by atoms with Crippen LogP contribution in [0, 0.1) is 13.8 Å². The van der Waals surface area contributed by atoms with Crippen LogP contribution < -0.4 is 21.2 Å². The van der Waals surface area contributed by atoms with Crippen molar-refractivity contribution in [2.45, 2.75) is 33.6 Å². The van der Waals surface area contributed by atoms with Crippen molar-refractivity contribution in [2.24, 2.45) is 0 Å². The van der Waals surface area contributed by atoms with E-state index in [1.165, 1.54) is 49.0 Å². The van der Waals surface area contributed by atoms with Crippen molar-refractivity contribution in [1.82, 2.24) is 0 Å². The van der Waals surface area contributed by atoms with Crippen LogP contribution in [-0.4, -0.2) is 0 Å². The first kappa shape index (κ1) is 22.6. The van der Waals surface area contributed by atoms with Crippen LogP contribution in [-0.2, 0) is 0 Å². The topological polar surface area (TPSA) is 0 Å². The highest BCUT2D eigenvalue weighted by atomic mass is 31.2. The first-order chi connectivity index (χ1) is 16.5. The summed E-state index contributed by atoms with van der Waals surface area (Å²) >= 11 is 0. The van der Waals surface area contributed by atoms with Crippen molar-refractivity contribution in [3.05, 3.63) is 132 Å². The molecule has 0 radical (unpaired) electrons. The van der Waals surface area contributed by atoms with Crippen LogP contribution in [0.15, 0.2) is 115 Å². The molecule has 34 heavy (non-hydrogen) atoms. The molecule has 0 unspecified atom stereocenters. The lowest BCUT2D eigenvalue weighted by atomic mass is 10.0. The monoisotopic (exact) mass is 459 g/mol. The second-order valence-corrected chi connectivity index (χ2v) is 12.9. The molecule has 2 aliphatic carbocycles. The van der Waals surface area contributed by atoms with Gasteiger partial charge in [-0.25, -0.2) is 0 Å². The highest BCUT2D eigenvalue weighted by Gasteiger charge is 2.50. The number of aryl methyl sites for hydroxylation is 2. The smallest absolute Gasteiger partial charge is 0.0620 e. The Morgan fingerprint density at radius 1 is 0.529 bits per heavy atom. The molecule has 5 rings (SSSR count). The molecular formula is C33H32P+. The average Bonchev–Trinajstić information content (AvgIpc) is 3.08. The normalized spacial score (nSPS) is 11.8. The van der Waals surface area contributed by atoms with Crippen LogP contribution in [0.5, 0.6) is 0 Å². The third-order valence-electron chi connectivity index (χ3n) is 6.99. The molecule has 0 amide bonds. The molecule has 0 saturated carbocycles. The van der Waals surface area contributed by atoms with E-state index >= 15 is 0 Å². The van der Waals surface area contributed by atoms with Gasteiger partial charge in [0.05, 0.1) is 0 Å². The molecule has 168 valence electrons. The Morgan fingerprint density at radius 3 is 1.44 bits per heavy atom. The molecule has 0 bridgehead atoms. The first-order valence-corrected chi connectivity index (χ1v) is 13.9. The van der Waals surface area contributed by atoms with Crippen molar-refractivity contribution in [3.63, 3.8) is 0 Å². The van der Waals surface area contributed by atoms with Gasteiger partial charge in [0, 0.05) is 5.56 Å². The molecule has 3 aromatic carbocycles. The molecule has 0 atom stereocenters. The second-order valence-electron chi connectivity index (χ2n) is 9.49. The summed E-state index contributed by atoms with van der Waals surface area (Å²) in [5.74, 6) is 0.490. The molecule has 0 aromatic heterocycles. The lowest BCUT2D eigenvalue weighted by Crippen LogP contribution is -2.38. The van der Waals surface area contributed by atoms with Crippen molar-refractivity contribution in [3.8, 4) is 11.1 Å². The number of fused-ring (bicyclic) bond motifs is 1. The van der Waals surface area contributed by atoms with Crippen molar-refractivity contribution in [2.75, 3.05) is 0 Å². The van der Waals surface area contributed by atoms with Gasteiger partial charge in [-0.05, 0) is 84.5 Å². The van der Waals surface area contributed by atoms with E-state index in [1.807, 2.05) is 0 Å². The van der Waals surface area contributed by atoms with Crippen LogP contribution >= 0.6 is 7.26 Å². The summed E-state index contributed by atoms with van der Waals surface area (Å²) in [7, 11) is -2.13. The third-order valence-corrected chi connectivity index (χ3v) is 11.3. The fraction of sp³-hybridized carbons (Fsp3) is 0.152. The molecule has 0 N–H and O–H groups in total. The Kier molecular flexibility index (Phi) is 6.11. The average molecular weight is 460 g/mol. The van der Waals surface area contributed by atoms with Crippen LogP contribution in [0.2, 0.25) is 0 Å². The minimum atomic E-state index is -2.13. The first-order valence-electron chi connectivity index (χ1n) is 12.1. The number of hydrogen-bond acceptors (Lipinski definition) is 0. The van der Waals surface area contributed by atoms with E-state index in [-0.39, 0.29) is 0 Å². The minimum Gasteiger partial charge on any atom is -0.0620 e. The van der Waals surface area contributed by atoms with Gasteiger partial charge < -0.3 is 0 Å². The third kappa shape index (κ3) is 3.67. The van der Waals surface area contributed by atoms with Gasteiger partial charge in [0.15, 0.2) is 0 Å². The van der Waals surface area contributed by atoms with Gasteiger partial charge in [-0.3, -0.25) is 0 Å². The summed E-state index contributed by atoms with van der Waals surface area (Å²) in [6.07, 6.45) is 0. The molecule has 1 heteroatoms. The molecular weight excluding hydrogens is 427 g/mol. The van der Waals surface area contributed by atoms with Gasteiger partial charge in [-0.15, -0.1) is 0 Å². The SMILES string of the molecule is Cc1cc([P+](c2ccccc2)(c2ccccc2)c2ccccc2)c2c(C)ccc(C(C)C)cc1-2. The summed E-state index contributed by atoms with van der Waals surface area (Å²) in [6, 6.07) is 43.1. The predicted octanol–water partition coefficient (Wildman–Crippen LogP) is 7.15. The van der Waals surface area contributed by atoms with Gasteiger partial charge in [0.1, 0.15) is 28.5 Å². The van der Waals surface area contributed by atoms with E-state index < -0.39 is 7.26 Å². The van der Waals surface area contributed by atoms with E-state index in [4.69, 9.17) is 0 Å². The van der Waals surface area contributed by atoms with E-state index in [0.717, 1.165) is 0 Å². The van der Waals surface area contributed by atoms with Crippen LogP contribution in [0.25, 0.3) is 11.1 Å². The van der Waals surface area contributed by atoms with Gasteiger partial charge >= 0.3 is 0 Å². The Bertz CT molecular complexity index is 1270. The Balaban J connectivity index is 1.96. The van der Waals surface area contributed by atoms with Crippen molar-refractivity contribution in [1.29, 1.82) is 0 Å². The number of rotatable bonds is 5. The lowest BCUT2D eigenvalue weighted by molar-refractivity contribution is 0.868. The standard InChI is InChI=1S/C33H32P/c1-24(2)27-21-20-25(3)33-31(23-27)26(4)22-32(33)34(28-14-8-5-9-15-28,29-16-10-6-11-17-29)30-18-12-7-13-19-30/h5-24H,1-4H3/q+1. The van der Waals surface area contributed by atoms with Gasteiger partial charge in [0.25, 0.3) is 0 Å². The van der Waals surface area contributed by atoms with Gasteiger partial charge in [-0.2, -0.15) is 0 Å². The van der Waals surface area contributed by atoms with E-state index in [9.17, 15) is 0 Å². The van der Waals surface area contributed by atoms with Crippen molar-refractivity contribution < 1.29 is 0 Å². The molecule has 3 aromatic rings. The highest BCUT2D eigenvalue weighted by molar-refractivity contribution is 8.01. The molecule has 0 nitrogen and oxygen atoms in total. The van der Waals surface area contributed by atoms with Gasteiger partial charge in [0.2, 0.25) is 0 Å². The number of hydrogen-bond donors (Lipinski definition) is 0. The maximum Gasteiger partial charge on any atom is 0.144 e. The Labute approximate surface area is 205 Å². The fourth-order valence-electron chi connectivity index (χ4n) is 5.25. The van der Waals surface area contributed by atoms with E-state index in [1.54, 1.807) is 0 Å². The van der Waals surface area contributed by atoms with Crippen LogP contribution in [0.4, 0.5) is 0 Å². The fourth-order valence-corrected chi connectivity index (χ4v) is 9.86. The Hall–Kier alpha value is -3.21.